The van der Waals surface area contributed by atoms with Crippen LogP contribution in [0.15, 0.2) is 48.6 Å². The Morgan fingerprint density at radius 2 is 1.25 bits per heavy atom. The average molecular weight is 593 g/mol. The molecule has 0 aromatic carbocycles. The van der Waals surface area contributed by atoms with Crippen LogP contribution < -0.4 is 0 Å². The smallest absolute Gasteiger partial charge is 0.328 e. The van der Waals surface area contributed by atoms with E-state index in [1.165, 1.54) is 18.2 Å². The van der Waals surface area contributed by atoms with E-state index < -0.39 is 23.9 Å². The molecule has 44 heavy (non-hydrogen) atoms. The summed E-state index contributed by atoms with van der Waals surface area (Å²) < 4.78 is 0. The van der Waals surface area contributed by atoms with Crippen LogP contribution in [0.5, 0.6) is 0 Å². The van der Waals surface area contributed by atoms with Crippen molar-refractivity contribution in [1.29, 1.82) is 0 Å². The first kappa shape index (κ1) is 29.2. The molecule has 0 amide bonds. The van der Waals surface area contributed by atoms with Crippen LogP contribution in [0.4, 0.5) is 0 Å². The summed E-state index contributed by atoms with van der Waals surface area (Å²) in [6, 6.07) is 5.19. The van der Waals surface area contributed by atoms with Crippen molar-refractivity contribution in [3.05, 3.63) is 99.4 Å². The summed E-state index contributed by atoms with van der Waals surface area (Å²) in [5, 5.41) is 37.3. The predicted molar refractivity (Wildman–Crippen MR) is 163 cm³/mol. The molecule has 0 aliphatic carbocycles. The molecule has 5 rings (SSSR count). The SMILES string of the molecule is O=C(O)/C=C/c1c2nc(cc3[nH]c(cc4nc(c(/C=C/C(=O)O)c5[nH]c1cc5/C=C/C(=O)O)C=C4)CC3/C=C/C(=O)O)C=C2. The van der Waals surface area contributed by atoms with Gasteiger partial charge in [-0.1, -0.05) is 6.08 Å². The fourth-order valence-electron chi connectivity index (χ4n) is 4.89. The summed E-state index contributed by atoms with van der Waals surface area (Å²) in [6.45, 7) is 0. The Labute approximate surface area is 248 Å². The third-order valence-electron chi connectivity index (χ3n) is 6.71. The van der Waals surface area contributed by atoms with Gasteiger partial charge >= 0.3 is 23.9 Å². The molecule has 1 unspecified atom stereocenters. The van der Waals surface area contributed by atoms with Gasteiger partial charge in [-0.3, -0.25) is 0 Å². The number of H-pyrrole nitrogens is 2. The number of carboxylic acid groups (broad SMARTS) is 4. The maximum absolute atomic E-state index is 11.5. The molecular formula is C32H24N4O8. The normalized spacial score (nSPS) is 15.1. The van der Waals surface area contributed by atoms with Crippen molar-refractivity contribution in [1.82, 2.24) is 19.9 Å². The van der Waals surface area contributed by atoms with E-state index in [9.17, 15) is 39.6 Å². The van der Waals surface area contributed by atoms with Crippen LogP contribution in [0.1, 0.15) is 56.8 Å². The first-order valence-corrected chi connectivity index (χ1v) is 13.1. The van der Waals surface area contributed by atoms with Crippen molar-refractivity contribution < 1.29 is 39.6 Å². The highest BCUT2D eigenvalue weighted by Gasteiger charge is 2.19. The van der Waals surface area contributed by atoms with Gasteiger partial charge in [-0.25, -0.2) is 29.1 Å². The molecular weight excluding hydrogens is 568 g/mol. The number of aliphatic carboxylic acids is 4. The first-order chi connectivity index (χ1) is 21.0. The molecule has 1 atom stereocenters. The number of rotatable bonds is 8. The third-order valence-corrected chi connectivity index (χ3v) is 6.71. The molecule has 12 heteroatoms. The second kappa shape index (κ2) is 12.3. The topological polar surface area (TPSA) is 207 Å². The Morgan fingerprint density at radius 1 is 0.682 bits per heavy atom. The molecule has 5 heterocycles. The van der Waals surface area contributed by atoms with E-state index in [1.54, 1.807) is 48.6 Å². The zero-order valence-corrected chi connectivity index (χ0v) is 22.8. The maximum atomic E-state index is 11.5. The molecule has 0 saturated heterocycles. The van der Waals surface area contributed by atoms with E-state index >= 15 is 0 Å². The fourth-order valence-corrected chi connectivity index (χ4v) is 4.89. The highest BCUT2D eigenvalue weighted by molar-refractivity contribution is 5.97. The standard InChI is InChI=1S/C32H24N4O8/c37-28(38)9-1-17-13-21-15-19-3-8-25(33-19)23(6-12-31(43)44)32-18(2-10-29(39)40)14-27(36-32)22(5-11-30(41)42)24-7-4-20(34-24)16-26(17)35-21/h1-12,14-17,35-36H,13H2,(H,37,38)(H,39,40)(H,41,42)(H,43,44)/b9-1+,10-2+,11-5+,12-6+,21-15?,24-22?,25-23?,26-16?. The second-order valence-corrected chi connectivity index (χ2v) is 9.77. The lowest BCUT2D eigenvalue weighted by molar-refractivity contribution is -0.132. The first-order valence-electron chi connectivity index (χ1n) is 13.1. The second-order valence-electron chi connectivity index (χ2n) is 9.77. The van der Waals surface area contributed by atoms with Crippen molar-refractivity contribution in [3.8, 4) is 0 Å². The van der Waals surface area contributed by atoms with Gasteiger partial charge in [0.25, 0.3) is 0 Å². The van der Waals surface area contributed by atoms with Gasteiger partial charge in [0.2, 0.25) is 0 Å². The van der Waals surface area contributed by atoms with E-state index in [0.717, 1.165) is 30.0 Å². The van der Waals surface area contributed by atoms with Crippen LogP contribution in [0.25, 0.3) is 53.6 Å². The van der Waals surface area contributed by atoms with Crippen molar-refractivity contribution in [2.45, 2.75) is 12.3 Å². The van der Waals surface area contributed by atoms with Crippen LogP contribution in [0, 0.1) is 0 Å². The zero-order chi connectivity index (χ0) is 31.4. The fraction of sp³-hybridized carbons (Fsp3) is 0.0625. The number of hydrogen-bond donors (Lipinski definition) is 6. The van der Waals surface area contributed by atoms with Crippen molar-refractivity contribution in [2.24, 2.45) is 0 Å². The van der Waals surface area contributed by atoms with Crippen molar-refractivity contribution >= 4 is 77.4 Å². The lowest BCUT2D eigenvalue weighted by Crippen LogP contribution is -1.95. The molecule has 220 valence electrons. The summed E-state index contributed by atoms with van der Waals surface area (Å²) in [7, 11) is 0. The van der Waals surface area contributed by atoms with Crippen molar-refractivity contribution in [3.63, 3.8) is 0 Å². The number of nitrogens with zero attached hydrogens (tertiary/aromatic N) is 2. The molecule has 0 fully saturated rings. The van der Waals surface area contributed by atoms with Gasteiger partial charge in [-0.05, 0) is 67.2 Å². The Kier molecular flexibility index (Phi) is 8.15. The summed E-state index contributed by atoms with van der Waals surface area (Å²) >= 11 is 0. The third kappa shape index (κ3) is 6.77. The number of carbonyl (C=O) groups is 4. The molecule has 0 spiro atoms. The van der Waals surface area contributed by atoms with Crippen LogP contribution in [0.2, 0.25) is 0 Å². The van der Waals surface area contributed by atoms with Gasteiger partial charge in [0.15, 0.2) is 0 Å². The van der Waals surface area contributed by atoms with E-state index in [1.807, 2.05) is 0 Å². The summed E-state index contributed by atoms with van der Waals surface area (Å²) in [5.74, 6) is -5.00. The summed E-state index contributed by atoms with van der Waals surface area (Å²) in [6.07, 6.45) is 16.8. The molecule has 0 saturated carbocycles. The molecule has 2 aromatic heterocycles. The Hall–Kier alpha value is -6.30. The quantitative estimate of drug-likeness (QED) is 0.156. The monoisotopic (exact) mass is 592 g/mol. The van der Waals surface area contributed by atoms with Crippen LogP contribution in [0.3, 0.4) is 0 Å². The summed E-state index contributed by atoms with van der Waals surface area (Å²) in [4.78, 5) is 61.5. The molecule has 8 bridgehead atoms. The predicted octanol–water partition coefficient (Wildman–Crippen LogP) is 4.64. The molecule has 2 aromatic rings. The number of carboxylic acids is 4. The van der Waals surface area contributed by atoms with E-state index in [0.29, 0.717) is 62.6 Å². The lowest BCUT2D eigenvalue weighted by atomic mass is 10.0. The minimum Gasteiger partial charge on any atom is -0.478 e. The molecule has 3 aliphatic heterocycles. The Balaban J connectivity index is 1.93. The number of aromatic amines is 2. The maximum Gasteiger partial charge on any atom is 0.328 e. The number of aromatic nitrogens is 4. The van der Waals surface area contributed by atoms with Gasteiger partial charge in [-0.15, -0.1) is 0 Å². The minimum atomic E-state index is -1.21. The number of hydrogen-bond acceptors (Lipinski definition) is 6. The van der Waals surface area contributed by atoms with E-state index in [4.69, 9.17) is 0 Å². The Morgan fingerprint density at radius 3 is 1.89 bits per heavy atom. The number of nitrogens with one attached hydrogen (secondary N) is 2. The number of fused-ring (bicyclic) bond motifs is 8. The molecule has 12 nitrogen and oxygen atoms in total. The van der Waals surface area contributed by atoms with E-state index in [-0.39, 0.29) is 5.92 Å². The van der Waals surface area contributed by atoms with Crippen LogP contribution in [-0.4, -0.2) is 64.2 Å². The molecule has 0 radical (unpaired) electrons. The number of allylic oxidation sites excluding steroid dienone is 1. The lowest BCUT2D eigenvalue weighted by Gasteiger charge is -2.02. The highest BCUT2D eigenvalue weighted by atomic mass is 16.4. The largest absolute Gasteiger partial charge is 0.478 e. The average Bonchev–Trinajstić information content (AvgIpc) is 3.75. The minimum absolute atomic E-state index is 0.298. The van der Waals surface area contributed by atoms with Crippen molar-refractivity contribution in [2.75, 3.05) is 0 Å². The molecule has 6 N–H and O–H groups in total. The van der Waals surface area contributed by atoms with E-state index in [2.05, 4.69) is 19.9 Å². The van der Waals surface area contributed by atoms with Gasteiger partial charge in [-0.2, -0.15) is 0 Å². The van der Waals surface area contributed by atoms with Gasteiger partial charge in [0.1, 0.15) is 0 Å². The summed E-state index contributed by atoms with van der Waals surface area (Å²) in [5.41, 5.74) is 5.08. The Bertz CT molecular complexity index is 1970. The van der Waals surface area contributed by atoms with Gasteiger partial charge in [0.05, 0.1) is 28.3 Å². The molecule has 3 aliphatic rings. The zero-order valence-electron chi connectivity index (χ0n) is 22.8. The van der Waals surface area contributed by atoms with Gasteiger partial charge in [0, 0.05) is 63.8 Å². The van der Waals surface area contributed by atoms with Gasteiger partial charge < -0.3 is 30.4 Å². The van der Waals surface area contributed by atoms with Crippen LogP contribution in [-0.2, 0) is 25.6 Å². The van der Waals surface area contributed by atoms with Crippen LogP contribution >= 0.6 is 0 Å². The highest BCUT2D eigenvalue weighted by Crippen LogP contribution is 2.30.